The second kappa shape index (κ2) is 6.53. The average Bonchev–Trinajstić information content (AvgIpc) is 2.72. The molecule has 1 aliphatic rings. The molecule has 4 nitrogen and oxygen atoms in total. The van der Waals surface area contributed by atoms with Crippen molar-refractivity contribution in [2.75, 3.05) is 6.54 Å². The van der Waals surface area contributed by atoms with Crippen molar-refractivity contribution in [3.63, 3.8) is 0 Å². The van der Waals surface area contributed by atoms with Crippen LogP contribution in [-0.2, 0) is 6.54 Å². The number of likely N-dealkylation sites (tertiary alicyclic amines) is 1. The molecule has 2 atom stereocenters. The second-order valence-electron chi connectivity index (χ2n) is 5.97. The molecule has 1 fully saturated rings. The van der Waals surface area contributed by atoms with Crippen molar-refractivity contribution in [3.8, 4) is 0 Å². The molecule has 108 valence electrons. The molecule has 1 aromatic rings. The van der Waals surface area contributed by atoms with Gasteiger partial charge in [-0.05, 0) is 39.7 Å². The highest BCUT2D eigenvalue weighted by Crippen LogP contribution is 2.30. The van der Waals surface area contributed by atoms with Crippen LogP contribution in [0.5, 0.6) is 0 Å². The quantitative estimate of drug-likeness (QED) is 0.909. The highest BCUT2D eigenvalue weighted by molar-refractivity contribution is 5.14. The lowest BCUT2D eigenvalue weighted by atomic mass is 9.98. The predicted molar refractivity (Wildman–Crippen MR) is 78.9 cm³/mol. The van der Waals surface area contributed by atoms with Gasteiger partial charge in [-0.25, -0.2) is 0 Å². The van der Waals surface area contributed by atoms with Crippen LogP contribution >= 0.6 is 0 Å². The van der Waals surface area contributed by atoms with Gasteiger partial charge in [0.2, 0.25) is 0 Å². The number of aromatic nitrogens is 2. The molecule has 0 spiro atoms. The lowest BCUT2D eigenvalue weighted by molar-refractivity contribution is 0.144. The molecular weight excluding hydrogens is 236 g/mol. The first-order chi connectivity index (χ1) is 9.13. The van der Waals surface area contributed by atoms with Crippen LogP contribution in [0, 0.1) is 0 Å². The smallest absolute Gasteiger partial charge is 0.0538 e. The summed E-state index contributed by atoms with van der Waals surface area (Å²) < 4.78 is 2.05. The number of hydrogen-bond acceptors (Lipinski definition) is 3. The summed E-state index contributed by atoms with van der Waals surface area (Å²) in [5.74, 6) is 0. The van der Waals surface area contributed by atoms with Crippen LogP contribution in [0.1, 0.15) is 58.1 Å². The van der Waals surface area contributed by atoms with E-state index in [4.69, 9.17) is 5.73 Å². The molecule has 0 saturated carbocycles. The van der Waals surface area contributed by atoms with Crippen LogP contribution in [0.2, 0.25) is 0 Å². The molecule has 4 heteroatoms. The molecule has 0 bridgehead atoms. The third-order valence-electron chi connectivity index (χ3n) is 4.08. The molecular formula is C15H28N4. The van der Waals surface area contributed by atoms with Gasteiger partial charge in [-0.3, -0.25) is 9.58 Å². The molecule has 2 unspecified atom stereocenters. The van der Waals surface area contributed by atoms with E-state index in [1.165, 1.54) is 18.4 Å². The van der Waals surface area contributed by atoms with Crippen LogP contribution in [0.4, 0.5) is 0 Å². The van der Waals surface area contributed by atoms with E-state index in [0.29, 0.717) is 12.1 Å². The van der Waals surface area contributed by atoms with Crippen LogP contribution in [-0.4, -0.2) is 33.3 Å². The lowest BCUT2D eigenvalue weighted by Gasteiger charge is -2.35. The Kier molecular flexibility index (Phi) is 4.99. The minimum atomic E-state index is 0.226. The maximum Gasteiger partial charge on any atom is 0.0538 e. The maximum atomic E-state index is 6.44. The van der Waals surface area contributed by atoms with Gasteiger partial charge < -0.3 is 5.73 Å². The van der Waals surface area contributed by atoms with Crippen molar-refractivity contribution in [1.29, 1.82) is 0 Å². The zero-order valence-corrected chi connectivity index (χ0v) is 12.5. The van der Waals surface area contributed by atoms with E-state index < -0.39 is 0 Å². The van der Waals surface area contributed by atoms with E-state index in [9.17, 15) is 0 Å². The van der Waals surface area contributed by atoms with E-state index in [1.807, 2.05) is 10.9 Å². The number of hydrogen-bond donors (Lipinski definition) is 1. The Morgan fingerprint density at radius 1 is 1.42 bits per heavy atom. The van der Waals surface area contributed by atoms with E-state index in [0.717, 1.165) is 25.9 Å². The third kappa shape index (κ3) is 3.37. The Balaban J connectivity index is 2.23. The van der Waals surface area contributed by atoms with Crippen LogP contribution in [0.3, 0.4) is 0 Å². The fraction of sp³-hybridized carbons (Fsp3) is 0.800. The zero-order chi connectivity index (χ0) is 13.8. The maximum absolute atomic E-state index is 6.44. The van der Waals surface area contributed by atoms with Gasteiger partial charge in [0.1, 0.15) is 0 Å². The van der Waals surface area contributed by atoms with E-state index >= 15 is 0 Å². The van der Waals surface area contributed by atoms with Gasteiger partial charge >= 0.3 is 0 Å². The Morgan fingerprint density at radius 2 is 2.21 bits per heavy atom. The Labute approximate surface area is 117 Å². The van der Waals surface area contributed by atoms with E-state index in [-0.39, 0.29) is 6.04 Å². The summed E-state index contributed by atoms with van der Waals surface area (Å²) in [6, 6.07) is 1.08. The summed E-state index contributed by atoms with van der Waals surface area (Å²) in [7, 11) is 0. The van der Waals surface area contributed by atoms with Crippen LogP contribution in [0.25, 0.3) is 0 Å². The van der Waals surface area contributed by atoms with E-state index in [2.05, 4.69) is 37.0 Å². The largest absolute Gasteiger partial charge is 0.326 e. The number of rotatable bonds is 4. The molecule has 2 rings (SSSR count). The number of nitrogens with zero attached hydrogens (tertiary/aromatic N) is 3. The van der Waals surface area contributed by atoms with Gasteiger partial charge in [-0.2, -0.15) is 5.10 Å². The summed E-state index contributed by atoms with van der Waals surface area (Å²) in [6.07, 6.45) is 8.93. The van der Waals surface area contributed by atoms with Gasteiger partial charge in [0.25, 0.3) is 0 Å². The normalized spacial score (nSPS) is 25.7. The predicted octanol–water partition coefficient (Wildman–Crippen LogP) is 2.56. The van der Waals surface area contributed by atoms with Crippen molar-refractivity contribution in [1.82, 2.24) is 14.7 Å². The Bertz CT molecular complexity index is 385. The van der Waals surface area contributed by atoms with Crippen molar-refractivity contribution >= 4 is 0 Å². The summed E-state index contributed by atoms with van der Waals surface area (Å²) in [5, 5.41) is 4.47. The average molecular weight is 264 g/mol. The molecule has 19 heavy (non-hydrogen) atoms. The second-order valence-corrected chi connectivity index (χ2v) is 5.97. The third-order valence-corrected chi connectivity index (χ3v) is 4.08. The Morgan fingerprint density at radius 3 is 2.89 bits per heavy atom. The minimum absolute atomic E-state index is 0.226. The van der Waals surface area contributed by atoms with Crippen LogP contribution < -0.4 is 5.73 Å². The van der Waals surface area contributed by atoms with Crippen molar-refractivity contribution < 1.29 is 0 Å². The molecule has 1 aliphatic heterocycles. The highest BCUT2D eigenvalue weighted by Gasteiger charge is 2.31. The van der Waals surface area contributed by atoms with Crippen molar-refractivity contribution in [2.45, 2.75) is 71.1 Å². The summed E-state index contributed by atoms with van der Waals surface area (Å²) in [5.41, 5.74) is 7.73. The van der Waals surface area contributed by atoms with Gasteiger partial charge in [-0.15, -0.1) is 0 Å². The first-order valence-corrected chi connectivity index (χ1v) is 7.67. The first kappa shape index (κ1) is 14.5. The fourth-order valence-electron chi connectivity index (χ4n) is 3.12. The molecule has 0 aromatic carbocycles. The minimum Gasteiger partial charge on any atom is -0.326 e. The fourth-order valence-corrected chi connectivity index (χ4v) is 3.12. The Hall–Kier alpha value is -0.870. The molecule has 1 saturated heterocycles. The zero-order valence-electron chi connectivity index (χ0n) is 12.5. The van der Waals surface area contributed by atoms with E-state index in [1.54, 1.807) is 0 Å². The molecule has 2 heterocycles. The highest BCUT2D eigenvalue weighted by atomic mass is 15.3. The van der Waals surface area contributed by atoms with Gasteiger partial charge in [-0.1, -0.05) is 13.3 Å². The lowest BCUT2D eigenvalue weighted by Crippen LogP contribution is -2.43. The summed E-state index contributed by atoms with van der Waals surface area (Å²) in [4.78, 5) is 2.55. The SMILES string of the molecule is CCCn1cc(C2C(N)CCCCN2C(C)C)cn1. The first-order valence-electron chi connectivity index (χ1n) is 7.67. The molecule has 1 aromatic heterocycles. The number of aryl methyl sites for hydroxylation is 1. The van der Waals surface area contributed by atoms with Crippen molar-refractivity contribution in [2.24, 2.45) is 5.73 Å². The van der Waals surface area contributed by atoms with Crippen molar-refractivity contribution in [3.05, 3.63) is 18.0 Å². The number of nitrogens with two attached hydrogens (primary N) is 1. The standard InChI is InChI=1S/C15H28N4/c1-4-8-18-11-13(10-17-18)15-14(16)7-5-6-9-19(15)12(2)3/h10-12,14-15H,4-9,16H2,1-3H3. The molecule has 0 radical (unpaired) electrons. The summed E-state index contributed by atoms with van der Waals surface area (Å²) in [6.45, 7) is 8.85. The summed E-state index contributed by atoms with van der Waals surface area (Å²) >= 11 is 0. The molecule has 0 amide bonds. The van der Waals surface area contributed by atoms with Crippen LogP contribution in [0.15, 0.2) is 12.4 Å². The van der Waals surface area contributed by atoms with Gasteiger partial charge in [0.05, 0.1) is 12.2 Å². The molecule has 0 aliphatic carbocycles. The van der Waals surface area contributed by atoms with Gasteiger partial charge in [0, 0.05) is 30.4 Å². The molecule has 2 N–H and O–H groups in total. The monoisotopic (exact) mass is 264 g/mol. The van der Waals surface area contributed by atoms with Gasteiger partial charge in [0.15, 0.2) is 0 Å². The topological polar surface area (TPSA) is 47.1 Å².